The van der Waals surface area contributed by atoms with Crippen molar-refractivity contribution in [3.8, 4) is 0 Å². The van der Waals surface area contributed by atoms with Crippen LogP contribution in [0, 0.1) is 6.92 Å². The van der Waals surface area contributed by atoms with Crippen LogP contribution in [0.25, 0.3) is 0 Å². The summed E-state index contributed by atoms with van der Waals surface area (Å²) in [6, 6.07) is 3.69. The SMILES string of the molecule is Cc1ccc(C(=O)NC2CCC(=O)NC2(C)C)c(C2CC2)n1. The number of aryl methyl sites for hydroxylation is 1. The van der Waals surface area contributed by atoms with E-state index in [4.69, 9.17) is 0 Å². The lowest BCUT2D eigenvalue weighted by molar-refractivity contribution is -0.125. The van der Waals surface area contributed by atoms with Gasteiger partial charge in [0.1, 0.15) is 0 Å². The van der Waals surface area contributed by atoms with E-state index in [0.29, 0.717) is 24.3 Å². The molecule has 1 saturated heterocycles. The number of nitrogens with zero attached hydrogens (tertiary/aromatic N) is 1. The van der Waals surface area contributed by atoms with E-state index in [1.807, 2.05) is 32.9 Å². The topological polar surface area (TPSA) is 71.1 Å². The van der Waals surface area contributed by atoms with Gasteiger partial charge in [-0.2, -0.15) is 0 Å². The lowest BCUT2D eigenvalue weighted by Gasteiger charge is -2.39. The number of hydrogen-bond acceptors (Lipinski definition) is 3. The Morgan fingerprint density at radius 2 is 2.05 bits per heavy atom. The number of pyridine rings is 1. The highest BCUT2D eigenvalue weighted by Crippen LogP contribution is 2.40. The molecule has 5 heteroatoms. The second-order valence-corrected chi connectivity index (χ2v) is 6.99. The first-order valence-electron chi connectivity index (χ1n) is 7.96. The van der Waals surface area contributed by atoms with Crippen LogP contribution in [0.3, 0.4) is 0 Å². The molecule has 0 aromatic carbocycles. The van der Waals surface area contributed by atoms with Gasteiger partial charge in [-0.1, -0.05) is 0 Å². The highest BCUT2D eigenvalue weighted by Gasteiger charge is 2.37. The summed E-state index contributed by atoms with van der Waals surface area (Å²) >= 11 is 0. The minimum Gasteiger partial charge on any atom is -0.349 e. The molecule has 22 heavy (non-hydrogen) atoms. The number of aromatic nitrogens is 1. The highest BCUT2D eigenvalue weighted by molar-refractivity contribution is 5.96. The molecule has 118 valence electrons. The van der Waals surface area contributed by atoms with E-state index < -0.39 is 5.54 Å². The maximum Gasteiger partial charge on any atom is 0.253 e. The van der Waals surface area contributed by atoms with Gasteiger partial charge < -0.3 is 10.6 Å². The van der Waals surface area contributed by atoms with Crippen molar-refractivity contribution >= 4 is 11.8 Å². The smallest absolute Gasteiger partial charge is 0.253 e. The van der Waals surface area contributed by atoms with Crippen molar-refractivity contribution in [2.24, 2.45) is 0 Å². The number of amides is 2. The fraction of sp³-hybridized carbons (Fsp3) is 0.588. The van der Waals surface area contributed by atoms with Gasteiger partial charge in [-0.25, -0.2) is 0 Å². The van der Waals surface area contributed by atoms with E-state index >= 15 is 0 Å². The molecular weight excluding hydrogens is 278 g/mol. The molecule has 1 aromatic heterocycles. The van der Waals surface area contributed by atoms with Gasteiger partial charge in [-0.3, -0.25) is 14.6 Å². The summed E-state index contributed by atoms with van der Waals surface area (Å²) in [5, 5.41) is 6.05. The van der Waals surface area contributed by atoms with Crippen molar-refractivity contribution in [3.05, 3.63) is 29.1 Å². The summed E-state index contributed by atoms with van der Waals surface area (Å²) in [6.07, 6.45) is 3.35. The van der Waals surface area contributed by atoms with Crippen LogP contribution in [0.15, 0.2) is 12.1 Å². The maximum absolute atomic E-state index is 12.7. The van der Waals surface area contributed by atoms with Crippen LogP contribution in [0.5, 0.6) is 0 Å². The molecule has 1 aromatic rings. The van der Waals surface area contributed by atoms with Crippen LogP contribution in [-0.4, -0.2) is 28.4 Å². The van der Waals surface area contributed by atoms with Crippen LogP contribution in [-0.2, 0) is 4.79 Å². The standard InChI is InChI=1S/C17H23N3O2/c1-10-4-7-12(15(18-10)11-5-6-11)16(22)19-13-8-9-14(21)20-17(13,2)3/h4,7,11,13H,5-6,8-9H2,1-3H3,(H,19,22)(H,20,21). The summed E-state index contributed by atoms with van der Waals surface area (Å²) in [5.41, 5.74) is 2.13. The summed E-state index contributed by atoms with van der Waals surface area (Å²) in [5.74, 6) is 0.398. The van der Waals surface area contributed by atoms with Gasteiger partial charge in [0.05, 0.1) is 22.8 Å². The van der Waals surface area contributed by atoms with Crippen LogP contribution in [0.2, 0.25) is 0 Å². The molecule has 3 rings (SSSR count). The monoisotopic (exact) mass is 301 g/mol. The molecule has 2 aliphatic rings. The Morgan fingerprint density at radius 3 is 2.68 bits per heavy atom. The molecular formula is C17H23N3O2. The van der Waals surface area contributed by atoms with Crippen LogP contribution in [0.4, 0.5) is 0 Å². The molecule has 2 amide bonds. The molecule has 0 spiro atoms. The summed E-state index contributed by atoms with van der Waals surface area (Å²) in [4.78, 5) is 28.8. The van der Waals surface area contributed by atoms with Gasteiger partial charge in [0.25, 0.3) is 5.91 Å². The zero-order chi connectivity index (χ0) is 15.9. The first kappa shape index (κ1) is 15.0. The van der Waals surface area contributed by atoms with Crippen molar-refractivity contribution in [2.75, 3.05) is 0 Å². The number of hydrogen-bond donors (Lipinski definition) is 2. The normalized spacial score (nSPS) is 23.8. The Kier molecular flexibility index (Phi) is 3.67. The number of carbonyl (C=O) groups is 2. The van der Waals surface area contributed by atoms with E-state index in [9.17, 15) is 9.59 Å². The van der Waals surface area contributed by atoms with Gasteiger partial charge in [0, 0.05) is 18.0 Å². The third-order valence-corrected chi connectivity index (χ3v) is 4.57. The average Bonchev–Trinajstić information content (AvgIpc) is 3.25. The van der Waals surface area contributed by atoms with Gasteiger partial charge in [-0.05, 0) is 52.2 Å². The zero-order valence-corrected chi connectivity index (χ0v) is 13.4. The first-order chi connectivity index (χ1) is 10.4. The average molecular weight is 301 g/mol. The Bertz CT molecular complexity index is 620. The molecule has 0 radical (unpaired) electrons. The molecule has 2 N–H and O–H groups in total. The maximum atomic E-state index is 12.7. The Morgan fingerprint density at radius 1 is 1.32 bits per heavy atom. The minimum atomic E-state index is -0.428. The van der Waals surface area contributed by atoms with E-state index in [1.54, 1.807) is 0 Å². The molecule has 0 bridgehead atoms. The van der Waals surface area contributed by atoms with Crippen molar-refractivity contribution in [1.29, 1.82) is 0 Å². The van der Waals surface area contributed by atoms with Crippen LogP contribution in [0.1, 0.15) is 67.2 Å². The molecule has 1 aliphatic carbocycles. The Labute approximate surface area is 130 Å². The van der Waals surface area contributed by atoms with Crippen molar-refractivity contribution in [3.63, 3.8) is 0 Å². The minimum absolute atomic E-state index is 0.0474. The van der Waals surface area contributed by atoms with Crippen LogP contribution >= 0.6 is 0 Å². The predicted octanol–water partition coefficient (Wildman–Crippen LogP) is 2.05. The summed E-state index contributed by atoms with van der Waals surface area (Å²) in [6.45, 7) is 5.85. The zero-order valence-electron chi connectivity index (χ0n) is 13.4. The van der Waals surface area contributed by atoms with Crippen molar-refractivity contribution < 1.29 is 9.59 Å². The molecule has 1 aliphatic heterocycles. The summed E-state index contributed by atoms with van der Waals surface area (Å²) in [7, 11) is 0. The predicted molar refractivity (Wildman–Crippen MR) is 83.7 cm³/mol. The van der Waals surface area contributed by atoms with Crippen LogP contribution < -0.4 is 10.6 Å². The lowest BCUT2D eigenvalue weighted by atomic mass is 9.86. The van der Waals surface area contributed by atoms with Gasteiger partial charge in [0.2, 0.25) is 5.91 Å². The second kappa shape index (κ2) is 5.38. The molecule has 2 fully saturated rings. The fourth-order valence-electron chi connectivity index (χ4n) is 3.07. The quantitative estimate of drug-likeness (QED) is 0.897. The highest BCUT2D eigenvalue weighted by atomic mass is 16.2. The van der Waals surface area contributed by atoms with E-state index in [1.165, 1.54) is 0 Å². The van der Waals surface area contributed by atoms with Gasteiger partial charge in [-0.15, -0.1) is 0 Å². The molecule has 1 atom stereocenters. The summed E-state index contributed by atoms with van der Waals surface area (Å²) < 4.78 is 0. The third kappa shape index (κ3) is 2.98. The van der Waals surface area contributed by atoms with Crippen molar-refractivity contribution in [2.45, 2.75) is 64.0 Å². The number of nitrogens with one attached hydrogen (secondary N) is 2. The molecule has 2 heterocycles. The molecule has 1 saturated carbocycles. The van der Waals surface area contributed by atoms with Gasteiger partial charge >= 0.3 is 0 Å². The van der Waals surface area contributed by atoms with Gasteiger partial charge in [0.15, 0.2) is 0 Å². The number of piperidine rings is 1. The fourth-order valence-corrected chi connectivity index (χ4v) is 3.07. The molecule has 5 nitrogen and oxygen atoms in total. The van der Waals surface area contributed by atoms with E-state index in [-0.39, 0.29) is 17.9 Å². The second-order valence-electron chi connectivity index (χ2n) is 6.99. The first-order valence-corrected chi connectivity index (χ1v) is 7.96. The largest absolute Gasteiger partial charge is 0.349 e. The number of carbonyl (C=O) groups excluding carboxylic acids is 2. The Hall–Kier alpha value is -1.91. The Balaban J connectivity index is 1.79. The third-order valence-electron chi connectivity index (χ3n) is 4.57. The van der Waals surface area contributed by atoms with E-state index in [0.717, 1.165) is 24.2 Å². The van der Waals surface area contributed by atoms with E-state index in [2.05, 4.69) is 15.6 Å². The van der Waals surface area contributed by atoms with Crippen molar-refractivity contribution in [1.82, 2.24) is 15.6 Å². The lowest BCUT2D eigenvalue weighted by Crippen LogP contribution is -2.62. The molecule has 1 unspecified atom stereocenters. The number of rotatable bonds is 3.